The fourth-order valence-corrected chi connectivity index (χ4v) is 2.90. The van der Waals surface area contributed by atoms with Gasteiger partial charge in [0.1, 0.15) is 0 Å². The minimum Gasteiger partial charge on any atom is -0.322 e. The highest BCUT2D eigenvalue weighted by molar-refractivity contribution is 6.20. The van der Waals surface area contributed by atoms with Crippen LogP contribution in [0.25, 0.3) is 0 Å². The van der Waals surface area contributed by atoms with Crippen molar-refractivity contribution in [3.8, 4) is 0 Å². The summed E-state index contributed by atoms with van der Waals surface area (Å²) in [4.78, 5) is 37.3. The molecule has 0 aliphatic carbocycles. The van der Waals surface area contributed by atoms with Crippen molar-refractivity contribution in [1.29, 1.82) is 0 Å². The summed E-state index contributed by atoms with van der Waals surface area (Å²) in [5, 5.41) is 2.84. The van der Waals surface area contributed by atoms with Gasteiger partial charge in [0.05, 0.1) is 5.69 Å². The SMILES string of the molecule is CCCc1ccc(NC(=O)c2cccc(N3C(=O)CCC3=O)c2)cc1. The second-order valence-electron chi connectivity index (χ2n) is 6.07. The summed E-state index contributed by atoms with van der Waals surface area (Å²) in [7, 11) is 0. The first-order valence-corrected chi connectivity index (χ1v) is 8.44. The molecule has 5 heteroatoms. The maximum Gasteiger partial charge on any atom is 0.255 e. The van der Waals surface area contributed by atoms with Gasteiger partial charge in [-0.2, -0.15) is 0 Å². The van der Waals surface area contributed by atoms with E-state index in [4.69, 9.17) is 0 Å². The van der Waals surface area contributed by atoms with Crippen LogP contribution < -0.4 is 10.2 Å². The van der Waals surface area contributed by atoms with Gasteiger partial charge in [-0.1, -0.05) is 31.5 Å². The number of rotatable bonds is 5. The van der Waals surface area contributed by atoms with E-state index in [1.54, 1.807) is 24.3 Å². The number of aryl methyl sites for hydroxylation is 1. The van der Waals surface area contributed by atoms with Gasteiger partial charge in [-0.3, -0.25) is 19.3 Å². The molecule has 3 rings (SSSR count). The number of nitrogens with one attached hydrogen (secondary N) is 1. The van der Waals surface area contributed by atoms with E-state index < -0.39 is 0 Å². The monoisotopic (exact) mass is 336 g/mol. The molecule has 5 nitrogen and oxygen atoms in total. The predicted molar refractivity (Wildman–Crippen MR) is 96.6 cm³/mol. The lowest BCUT2D eigenvalue weighted by atomic mass is 10.1. The maximum absolute atomic E-state index is 12.5. The lowest BCUT2D eigenvalue weighted by molar-refractivity contribution is -0.121. The molecule has 0 spiro atoms. The third kappa shape index (κ3) is 3.76. The molecule has 0 saturated carbocycles. The fraction of sp³-hybridized carbons (Fsp3) is 0.250. The normalized spacial score (nSPS) is 14.0. The fourth-order valence-electron chi connectivity index (χ4n) is 2.90. The Morgan fingerprint density at radius 1 is 1.04 bits per heavy atom. The van der Waals surface area contributed by atoms with Crippen LogP contribution in [0.2, 0.25) is 0 Å². The van der Waals surface area contributed by atoms with Gasteiger partial charge < -0.3 is 5.32 Å². The van der Waals surface area contributed by atoms with Crippen LogP contribution in [0.3, 0.4) is 0 Å². The van der Waals surface area contributed by atoms with Crippen LogP contribution in [0.1, 0.15) is 42.1 Å². The third-order valence-corrected chi connectivity index (χ3v) is 4.17. The number of benzene rings is 2. The van der Waals surface area contributed by atoms with Gasteiger partial charge in [0.2, 0.25) is 11.8 Å². The summed E-state index contributed by atoms with van der Waals surface area (Å²) >= 11 is 0. The number of imide groups is 1. The molecule has 25 heavy (non-hydrogen) atoms. The van der Waals surface area contributed by atoms with Crippen molar-refractivity contribution in [3.63, 3.8) is 0 Å². The first kappa shape index (κ1) is 16.9. The van der Waals surface area contributed by atoms with Crippen molar-refractivity contribution in [2.75, 3.05) is 10.2 Å². The second-order valence-corrected chi connectivity index (χ2v) is 6.07. The van der Waals surface area contributed by atoms with E-state index in [1.807, 2.05) is 24.3 Å². The van der Waals surface area contributed by atoms with Crippen LogP contribution >= 0.6 is 0 Å². The summed E-state index contributed by atoms with van der Waals surface area (Å²) < 4.78 is 0. The highest BCUT2D eigenvalue weighted by Gasteiger charge is 2.30. The number of amides is 3. The maximum atomic E-state index is 12.5. The smallest absolute Gasteiger partial charge is 0.255 e. The number of carbonyl (C=O) groups excluding carboxylic acids is 3. The van der Waals surface area contributed by atoms with Crippen LogP contribution in [0.15, 0.2) is 48.5 Å². The van der Waals surface area contributed by atoms with Gasteiger partial charge in [-0.25, -0.2) is 0 Å². The molecule has 1 N–H and O–H groups in total. The molecular formula is C20H20N2O3. The summed E-state index contributed by atoms with van der Waals surface area (Å²) in [6.07, 6.45) is 2.53. The Bertz CT molecular complexity index is 796. The Morgan fingerprint density at radius 3 is 2.36 bits per heavy atom. The molecule has 2 aromatic carbocycles. The van der Waals surface area contributed by atoms with Crippen molar-refractivity contribution >= 4 is 29.1 Å². The average Bonchev–Trinajstić information content (AvgIpc) is 2.95. The average molecular weight is 336 g/mol. The molecule has 1 aliphatic heterocycles. The van der Waals surface area contributed by atoms with Crippen molar-refractivity contribution in [2.24, 2.45) is 0 Å². The van der Waals surface area contributed by atoms with Gasteiger partial charge in [0, 0.05) is 24.1 Å². The topological polar surface area (TPSA) is 66.5 Å². The van der Waals surface area contributed by atoms with Gasteiger partial charge in [-0.15, -0.1) is 0 Å². The second kappa shape index (κ2) is 7.30. The highest BCUT2D eigenvalue weighted by Crippen LogP contribution is 2.24. The molecular weight excluding hydrogens is 316 g/mol. The van der Waals surface area contributed by atoms with Crippen LogP contribution in [0.5, 0.6) is 0 Å². The number of carbonyl (C=O) groups is 3. The minimum atomic E-state index is -0.274. The van der Waals surface area contributed by atoms with E-state index in [0.29, 0.717) is 16.9 Å². The molecule has 1 fully saturated rings. The number of anilines is 2. The van der Waals surface area contributed by atoms with E-state index in [-0.39, 0.29) is 30.6 Å². The van der Waals surface area contributed by atoms with Crippen molar-refractivity contribution in [2.45, 2.75) is 32.6 Å². The number of hydrogen-bond donors (Lipinski definition) is 1. The standard InChI is InChI=1S/C20H20N2O3/c1-2-4-14-7-9-16(10-8-14)21-20(25)15-5-3-6-17(13-15)22-18(23)11-12-19(22)24/h3,5-10,13H,2,4,11-12H2,1H3,(H,21,25). The van der Waals surface area contributed by atoms with Gasteiger partial charge in [0.25, 0.3) is 5.91 Å². The zero-order valence-electron chi connectivity index (χ0n) is 14.1. The van der Waals surface area contributed by atoms with E-state index in [1.165, 1.54) is 5.56 Å². The Balaban J connectivity index is 1.75. The quantitative estimate of drug-likeness (QED) is 0.849. The third-order valence-electron chi connectivity index (χ3n) is 4.17. The number of nitrogens with zero attached hydrogens (tertiary/aromatic N) is 1. The van der Waals surface area contributed by atoms with Crippen molar-refractivity contribution in [3.05, 3.63) is 59.7 Å². The molecule has 3 amide bonds. The molecule has 0 unspecified atom stereocenters. The van der Waals surface area contributed by atoms with Crippen LogP contribution in [-0.4, -0.2) is 17.7 Å². The molecule has 0 atom stereocenters. The molecule has 128 valence electrons. The van der Waals surface area contributed by atoms with E-state index in [9.17, 15) is 14.4 Å². The summed E-state index contributed by atoms with van der Waals surface area (Å²) in [5.74, 6) is -0.729. The lowest BCUT2D eigenvalue weighted by Crippen LogP contribution is -2.28. The van der Waals surface area contributed by atoms with Gasteiger partial charge >= 0.3 is 0 Å². The first-order valence-electron chi connectivity index (χ1n) is 8.44. The Morgan fingerprint density at radius 2 is 1.72 bits per heavy atom. The Kier molecular flexibility index (Phi) is 4.93. The largest absolute Gasteiger partial charge is 0.322 e. The van der Waals surface area contributed by atoms with Gasteiger partial charge in [-0.05, 0) is 42.3 Å². The van der Waals surface area contributed by atoms with Crippen molar-refractivity contribution in [1.82, 2.24) is 0 Å². The summed E-state index contributed by atoms with van der Waals surface area (Å²) in [5.41, 5.74) is 2.79. The van der Waals surface area contributed by atoms with Crippen LogP contribution in [-0.2, 0) is 16.0 Å². The van der Waals surface area contributed by atoms with Crippen molar-refractivity contribution < 1.29 is 14.4 Å². The van der Waals surface area contributed by atoms with Gasteiger partial charge in [0.15, 0.2) is 0 Å². The molecule has 0 aromatic heterocycles. The number of hydrogen-bond acceptors (Lipinski definition) is 3. The minimum absolute atomic E-state index is 0.222. The molecule has 0 bridgehead atoms. The van der Waals surface area contributed by atoms with E-state index in [2.05, 4.69) is 12.2 Å². The molecule has 1 saturated heterocycles. The molecule has 0 radical (unpaired) electrons. The molecule has 2 aromatic rings. The zero-order valence-corrected chi connectivity index (χ0v) is 14.1. The van der Waals surface area contributed by atoms with Crippen LogP contribution in [0.4, 0.5) is 11.4 Å². The predicted octanol–water partition coefficient (Wildman–Crippen LogP) is 3.54. The Hall–Kier alpha value is -2.95. The summed E-state index contributed by atoms with van der Waals surface area (Å²) in [6.45, 7) is 2.12. The lowest BCUT2D eigenvalue weighted by Gasteiger charge is -2.15. The van der Waals surface area contributed by atoms with E-state index >= 15 is 0 Å². The van der Waals surface area contributed by atoms with E-state index in [0.717, 1.165) is 17.7 Å². The van der Waals surface area contributed by atoms with Crippen LogP contribution in [0, 0.1) is 0 Å². The Labute approximate surface area is 146 Å². The summed E-state index contributed by atoms with van der Waals surface area (Å²) in [6, 6.07) is 14.3. The highest BCUT2D eigenvalue weighted by atomic mass is 16.2. The zero-order chi connectivity index (χ0) is 17.8. The molecule has 1 aliphatic rings. The molecule has 1 heterocycles. The first-order chi connectivity index (χ1) is 12.1.